The first-order valence-corrected chi connectivity index (χ1v) is 11.3. The Kier molecular flexibility index (Phi) is 4.77. The summed E-state index contributed by atoms with van der Waals surface area (Å²) in [5, 5.41) is -0.242. The number of nitrogens with zero attached hydrogens (tertiary/aromatic N) is 1. The lowest BCUT2D eigenvalue weighted by molar-refractivity contribution is -0.152. The second-order valence-corrected chi connectivity index (χ2v) is 10.5. The molecule has 2 saturated carbocycles. The van der Waals surface area contributed by atoms with Crippen molar-refractivity contribution in [1.29, 1.82) is 0 Å². The summed E-state index contributed by atoms with van der Waals surface area (Å²) in [5.41, 5.74) is 1.87. The number of halogens is 3. The predicted molar refractivity (Wildman–Crippen MR) is 103 cm³/mol. The summed E-state index contributed by atoms with van der Waals surface area (Å²) in [6, 6.07) is 3.34. The molecule has 2 aromatic rings. The van der Waals surface area contributed by atoms with Gasteiger partial charge in [0.1, 0.15) is 6.04 Å². The number of benzene rings is 1. The van der Waals surface area contributed by atoms with Gasteiger partial charge in [-0.1, -0.05) is 26.0 Å². The first-order valence-electron chi connectivity index (χ1n) is 9.77. The normalized spacial score (nSPS) is 19.5. The average molecular weight is 414 g/mol. The van der Waals surface area contributed by atoms with Crippen molar-refractivity contribution in [1.82, 2.24) is 9.29 Å². The van der Waals surface area contributed by atoms with Gasteiger partial charge in [0.2, 0.25) is 10.0 Å². The van der Waals surface area contributed by atoms with Crippen LogP contribution in [0.25, 0.3) is 10.9 Å². The smallest absolute Gasteiger partial charge is 0.347 e. The summed E-state index contributed by atoms with van der Waals surface area (Å²) in [6.45, 7) is 4.59. The summed E-state index contributed by atoms with van der Waals surface area (Å²) in [6.07, 6.45) is -0.187. The van der Waals surface area contributed by atoms with E-state index in [9.17, 15) is 21.6 Å². The zero-order valence-electron chi connectivity index (χ0n) is 16.0. The molecule has 0 aliphatic heterocycles. The largest absolute Gasteiger partial charge is 0.408 e. The van der Waals surface area contributed by atoms with E-state index in [4.69, 9.17) is 0 Å². The topological polar surface area (TPSA) is 51.1 Å². The van der Waals surface area contributed by atoms with Gasteiger partial charge in [-0.05, 0) is 49.1 Å². The van der Waals surface area contributed by atoms with E-state index in [1.807, 2.05) is 35.3 Å². The molecule has 1 aromatic heterocycles. The van der Waals surface area contributed by atoms with Gasteiger partial charge >= 0.3 is 6.18 Å². The molecule has 4 rings (SSSR count). The van der Waals surface area contributed by atoms with Gasteiger partial charge in [0.25, 0.3) is 0 Å². The third-order valence-electron chi connectivity index (χ3n) is 5.43. The van der Waals surface area contributed by atoms with Gasteiger partial charge in [-0.2, -0.15) is 17.9 Å². The van der Waals surface area contributed by atoms with Gasteiger partial charge in [0, 0.05) is 29.2 Å². The van der Waals surface area contributed by atoms with E-state index >= 15 is 0 Å². The molecular formula is C20H25F3N2O2S. The quantitative estimate of drug-likeness (QED) is 0.703. The highest BCUT2D eigenvalue weighted by Crippen LogP contribution is 2.43. The fraction of sp³-hybridized carbons (Fsp3) is 0.600. The summed E-state index contributed by atoms with van der Waals surface area (Å²) >= 11 is 0. The molecule has 0 unspecified atom stereocenters. The molecule has 0 amide bonds. The van der Waals surface area contributed by atoms with Crippen LogP contribution in [0.4, 0.5) is 13.2 Å². The Balaban J connectivity index is 1.82. The van der Waals surface area contributed by atoms with Gasteiger partial charge < -0.3 is 4.57 Å². The molecule has 28 heavy (non-hydrogen) atoms. The minimum atomic E-state index is -4.71. The van der Waals surface area contributed by atoms with Crippen LogP contribution in [0, 0.1) is 5.92 Å². The SMILES string of the molecule is CC(C)Cn1cc([C@H](NS(=O)(=O)C2CC2)C(F)(F)F)c2ccc(C3CC3)cc21. The van der Waals surface area contributed by atoms with Crippen molar-refractivity contribution in [2.24, 2.45) is 5.92 Å². The van der Waals surface area contributed by atoms with Crippen molar-refractivity contribution in [3.8, 4) is 0 Å². The Morgan fingerprint density at radius 1 is 1.18 bits per heavy atom. The summed E-state index contributed by atoms with van der Waals surface area (Å²) < 4.78 is 70.1. The molecule has 0 spiro atoms. The summed E-state index contributed by atoms with van der Waals surface area (Å²) in [4.78, 5) is 0. The molecular weight excluding hydrogens is 389 g/mol. The second-order valence-electron chi connectivity index (χ2n) is 8.52. The molecule has 4 nitrogen and oxygen atoms in total. The van der Waals surface area contributed by atoms with E-state index in [2.05, 4.69) is 0 Å². The standard InChI is InChI=1S/C20H25F3N2O2S/c1-12(2)10-25-11-17(16-8-5-14(9-18(16)25)13-3-4-13)19(20(21,22)23)24-28(26,27)15-6-7-15/h5,8-9,11-13,15,19,24H,3-4,6-7,10H2,1-2H3/t19-/m0/s1. The highest BCUT2D eigenvalue weighted by atomic mass is 32.2. The first-order chi connectivity index (χ1) is 13.1. The predicted octanol–water partition coefficient (Wildman–Crippen LogP) is 4.86. The molecule has 154 valence electrons. The van der Waals surface area contributed by atoms with Gasteiger partial charge in [0.05, 0.1) is 5.25 Å². The van der Waals surface area contributed by atoms with Crippen LogP contribution in [0.15, 0.2) is 24.4 Å². The van der Waals surface area contributed by atoms with E-state index < -0.39 is 27.5 Å². The Bertz CT molecular complexity index is 987. The van der Waals surface area contributed by atoms with Crippen LogP contribution in [0.3, 0.4) is 0 Å². The van der Waals surface area contributed by atoms with Gasteiger partial charge in [0.15, 0.2) is 0 Å². The van der Waals surface area contributed by atoms with E-state index in [0.29, 0.717) is 30.7 Å². The van der Waals surface area contributed by atoms with Crippen LogP contribution >= 0.6 is 0 Å². The number of sulfonamides is 1. The fourth-order valence-corrected chi connectivity index (χ4v) is 5.27. The lowest BCUT2D eigenvalue weighted by atomic mass is 10.0. The van der Waals surface area contributed by atoms with E-state index in [1.165, 1.54) is 6.20 Å². The molecule has 2 fully saturated rings. The number of fused-ring (bicyclic) bond motifs is 1. The van der Waals surface area contributed by atoms with Crippen LogP contribution in [0.5, 0.6) is 0 Å². The van der Waals surface area contributed by atoms with E-state index in [1.54, 1.807) is 6.07 Å². The Morgan fingerprint density at radius 3 is 2.39 bits per heavy atom. The number of aromatic nitrogens is 1. The minimum Gasteiger partial charge on any atom is -0.347 e. The summed E-state index contributed by atoms with van der Waals surface area (Å²) in [5.74, 6) is 0.738. The van der Waals surface area contributed by atoms with Crippen molar-refractivity contribution in [2.45, 2.75) is 69.5 Å². The molecule has 1 N–H and O–H groups in total. The minimum absolute atomic E-state index is 0.0188. The van der Waals surface area contributed by atoms with Crippen LogP contribution in [-0.4, -0.2) is 24.4 Å². The maximum Gasteiger partial charge on any atom is 0.408 e. The second kappa shape index (κ2) is 6.76. The molecule has 2 aliphatic carbocycles. The maximum absolute atomic E-state index is 13.9. The average Bonchev–Trinajstić information content (AvgIpc) is 3.47. The number of nitrogens with one attached hydrogen (secondary N) is 1. The maximum atomic E-state index is 13.9. The summed E-state index contributed by atoms with van der Waals surface area (Å²) in [7, 11) is -3.99. The van der Waals surface area contributed by atoms with E-state index in [0.717, 1.165) is 23.9 Å². The molecule has 0 bridgehead atoms. The van der Waals surface area contributed by atoms with Crippen LogP contribution in [0.2, 0.25) is 0 Å². The zero-order chi connectivity index (χ0) is 20.3. The molecule has 8 heteroatoms. The Labute approximate surface area is 163 Å². The van der Waals surface area contributed by atoms with Crippen molar-refractivity contribution in [2.75, 3.05) is 0 Å². The van der Waals surface area contributed by atoms with Gasteiger partial charge in [-0.15, -0.1) is 0 Å². The molecule has 1 heterocycles. The van der Waals surface area contributed by atoms with Crippen molar-refractivity contribution >= 4 is 20.9 Å². The van der Waals surface area contributed by atoms with Crippen molar-refractivity contribution in [3.63, 3.8) is 0 Å². The van der Waals surface area contributed by atoms with Gasteiger partial charge in [-0.25, -0.2) is 8.42 Å². The van der Waals surface area contributed by atoms with Crippen molar-refractivity contribution in [3.05, 3.63) is 35.5 Å². The molecule has 2 aliphatic rings. The Morgan fingerprint density at radius 2 is 1.86 bits per heavy atom. The third kappa shape index (κ3) is 3.94. The molecule has 0 radical (unpaired) electrons. The first kappa shape index (κ1) is 19.8. The molecule has 0 saturated heterocycles. The van der Waals surface area contributed by atoms with Crippen LogP contribution < -0.4 is 4.72 Å². The molecule has 1 aromatic carbocycles. The Hall–Kier alpha value is -1.54. The van der Waals surface area contributed by atoms with Crippen LogP contribution in [0.1, 0.15) is 62.6 Å². The highest BCUT2D eigenvalue weighted by molar-refractivity contribution is 7.90. The lowest BCUT2D eigenvalue weighted by Crippen LogP contribution is -2.39. The number of hydrogen-bond donors (Lipinski definition) is 1. The monoisotopic (exact) mass is 414 g/mol. The number of hydrogen-bond acceptors (Lipinski definition) is 2. The zero-order valence-corrected chi connectivity index (χ0v) is 16.8. The van der Waals surface area contributed by atoms with Crippen molar-refractivity contribution < 1.29 is 21.6 Å². The third-order valence-corrected chi connectivity index (χ3v) is 7.34. The fourth-order valence-electron chi connectivity index (χ4n) is 3.73. The van der Waals surface area contributed by atoms with Gasteiger partial charge in [-0.3, -0.25) is 0 Å². The highest BCUT2D eigenvalue weighted by Gasteiger charge is 2.47. The van der Waals surface area contributed by atoms with E-state index in [-0.39, 0.29) is 11.5 Å². The number of alkyl halides is 3. The van der Waals surface area contributed by atoms with Crippen LogP contribution in [-0.2, 0) is 16.6 Å². The lowest BCUT2D eigenvalue weighted by Gasteiger charge is -2.21. The number of rotatable bonds is 7. The molecule has 1 atom stereocenters.